The normalized spacial score (nSPS) is 17.9. The maximum atomic E-state index is 12.4. The Hall–Kier alpha value is -2.21. The molecule has 6 heteroatoms. The number of hydrogen-bond donors (Lipinski definition) is 1. The highest BCUT2D eigenvalue weighted by atomic mass is 16.1. The molecule has 0 radical (unpaired) electrons. The molecule has 1 aromatic carbocycles. The van der Waals surface area contributed by atoms with Crippen molar-refractivity contribution in [3.63, 3.8) is 0 Å². The molecule has 0 spiro atoms. The van der Waals surface area contributed by atoms with Gasteiger partial charge in [0.05, 0.1) is 17.2 Å². The predicted molar refractivity (Wildman–Crippen MR) is 108 cm³/mol. The second kappa shape index (κ2) is 9.65. The van der Waals surface area contributed by atoms with Gasteiger partial charge in [-0.2, -0.15) is 0 Å². The van der Waals surface area contributed by atoms with Gasteiger partial charge in [-0.25, -0.2) is 4.98 Å². The summed E-state index contributed by atoms with van der Waals surface area (Å²) in [5, 5.41) is 3.56. The number of nitrogens with one attached hydrogen (secondary N) is 1. The largest absolute Gasteiger partial charge is 0.356 e. The minimum absolute atomic E-state index is 0.0126. The number of benzene rings is 1. The van der Waals surface area contributed by atoms with Crippen molar-refractivity contribution in [3.05, 3.63) is 40.9 Å². The highest BCUT2D eigenvalue weighted by Gasteiger charge is 2.17. The maximum absolute atomic E-state index is 12.4. The maximum Gasteiger partial charge on any atom is 0.261 e. The Morgan fingerprint density at radius 1 is 1.22 bits per heavy atom. The van der Waals surface area contributed by atoms with Crippen LogP contribution in [-0.2, 0) is 11.3 Å². The van der Waals surface area contributed by atoms with E-state index in [1.807, 2.05) is 18.2 Å². The van der Waals surface area contributed by atoms with Crippen molar-refractivity contribution in [1.82, 2.24) is 19.8 Å². The average Bonchev–Trinajstić information content (AvgIpc) is 2.69. The molecule has 27 heavy (non-hydrogen) atoms. The third-order valence-corrected chi connectivity index (χ3v) is 5.45. The first-order valence-electron chi connectivity index (χ1n) is 10.1. The number of para-hydroxylation sites is 1. The minimum Gasteiger partial charge on any atom is -0.356 e. The van der Waals surface area contributed by atoms with Gasteiger partial charge in [-0.05, 0) is 57.8 Å². The fourth-order valence-electron chi connectivity index (χ4n) is 3.73. The molecule has 1 fully saturated rings. The number of unbranched alkanes of at least 4 members (excludes halogenated alkanes) is 1. The summed E-state index contributed by atoms with van der Waals surface area (Å²) in [5.74, 6) is -0.0126. The van der Waals surface area contributed by atoms with Gasteiger partial charge in [0.15, 0.2) is 0 Å². The number of nitrogens with zero attached hydrogens (tertiary/aromatic N) is 3. The van der Waals surface area contributed by atoms with Crippen molar-refractivity contribution in [2.45, 2.75) is 58.0 Å². The van der Waals surface area contributed by atoms with Crippen molar-refractivity contribution in [2.75, 3.05) is 19.6 Å². The summed E-state index contributed by atoms with van der Waals surface area (Å²) in [6, 6.07) is 7.97. The third-order valence-electron chi connectivity index (χ3n) is 5.45. The van der Waals surface area contributed by atoms with Gasteiger partial charge in [0.1, 0.15) is 0 Å². The van der Waals surface area contributed by atoms with Crippen molar-refractivity contribution in [2.24, 2.45) is 0 Å². The molecule has 1 saturated heterocycles. The summed E-state index contributed by atoms with van der Waals surface area (Å²) in [5.41, 5.74) is 0.593. The number of aryl methyl sites for hydroxylation is 1. The number of hydrogen-bond acceptors (Lipinski definition) is 4. The van der Waals surface area contributed by atoms with Gasteiger partial charge < -0.3 is 10.2 Å². The Labute approximate surface area is 160 Å². The number of aromatic nitrogens is 2. The van der Waals surface area contributed by atoms with E-state index in [1.54, 1.807) is 6.07 Å². The lowest BCUT2D eigenvalue weighted by molar-refractivity contribution is -0.121. The van der Waals surface area contributed by atoms with E-state index >= 15 is 0 Å². The topological polar surface area (TPSA) is 67.2 Å². The molecule has 0 saturated carbocycles. The first-order valence-corrected chi connectivity index (χ1v) is 10.1. The predicted octanol–water partition coefficient (Wildman–Crippen LogP) is 2.56. The van der Waals surface area contributed by atoms with Crippen LogP contribution in [0.5, 0.6) is 0 Å². The van der Waals surface area contributed by atoms with E-state index in [9.17, 15) is 9.59 Å². The van der Waals surface area contributed by atoms with Crippen molar-refractivity contribution >= 4 is 16.8 Å². The molecule has 0 aliphatic carbocycles. The molecule has 1 aromatic heterocycles. The highest BCUT2D eigenvalue weighted by Crippen LogP contribution is 2.16. The van der Waals surface area contributed by atoms with Gasteiger partial charge in [-0.1, -0.05) is 18.6 Å². The van der Waals surface area contributed by atoms with Crippen LogP contribution in [-0.4, -0.2) is 46.0 Å². The second-order valence-electron chi connectivity index (χ2n) is 7.45. The van der Waals surface area contributed by atoms with Crippen LogP contribution >= 0.6 is 0 Å². The third kappa shape index (κ3) is 5.39. The summed E-state index contributed by atoms with van der Waals surface area (Å²) in [6.45, 7) is 5.70. The van der Waals surface area contributed by atoms with Crippen LogP contribution in [0.1, 0.15) is 45.4 Å². The van der Waals surface area contributed by atoms with Gasteiger partial charge in [0.2, 0.25) is 5.91 Å². The van der Waals surface area contributed by atoms with E-state index < -0.39 is 0 Å². The summed E-state index contributed by atoms with van der Waals surface area (Å²) >= 11 is 0. The molecule has 1 aliphatic heterocycles. The molecule has 146 valence electrons. The first-order chi connectivity index (χ1) is 13.1. The summed E-state index contributed by atoms with van der Waals surface area (Å²) in [4.78, 5) is 31.3. The summed E-state index contributed by atoms with van der Waals surface area (Å²) < 4.78 is 1.51. The van der Waals surface area contributed by atoms with Crippen LogP contribution in [0.25, 0.3) is 10.9 Å². The van der Waals surface area contributed by atoms with E-state index in [-0.39, 0.29) is 11.5 Å². The number of amides is 1. The highest BCUT2D eigenvalue weighted by molar-refractivity contribution is 5.77. The zero-order valence-corrected chi connectivity index (χ0v) is 16.2. The Bertz CT molecular complexity index is 817. The van der Waals surface area contributed by atoms with E-state index in [0.29, 0.717) is 36.5 Å². The number of rotatable bonds is 8. The lowest BCUT2D eigenvalue weighted by atomic mass is 10.0. The standard InChI is InChI=1S/C21H30N4O2/c1-17-8-4-6-13-24(17)14-7-5-12-22-20(26)11-15-25-16-23-19-10-3-2-9-18(19)21(25)27/h2-3,9-10,16-17H,4-8,11-15H2,1H3,(H,22,26). The molecule has 3 rings (SSSR count). The molecule has 2 heterocycles. The van der Waals surface area contributed by atoms with E-state index in [2.05, 4.69) is 22.1 Å². The number of piperidine rings is 1. The minimum atomic E-state index is -0.0935. The zero-order chi connectivity index (χ0) is 19.1. The molecular weight excluding hydrogens is 340 g/mol. The van der Waals surface area contributed by atoms with Crippen LogP contribution in [0.3, 0.4) is 0 Å². The smallest absolute Gasteiger partial charge is 0.261 e. The molecule has 2 aromatic rings. The first kappa shape index (κ1) is 19.5. The van der Waals surface area contributed by atoms with E-state index in [1.165, 1.54) is 36.7 Å². The Balaban J connectivity index is 1.36. The Morgan fingerprint density at radius 3 is 2.93 bits per heavy atom. The van der Waals surface area contributed by atoms with Crippen LogP contribution in [0.4, 0.5) is 0 Å². The molecule has 1 unspecified atom stereocenters. The molecule has 6 nitrogen and oxygen atoms in total. The number of fused-ring (bicyclic) bond motifs is 1. The number of carbonyl (C=O) groups excluding carboxylic acids is 1. The van der Waals surface area contributed by atoms with E-state index in [4.69, 9.17) is 0 Å². The van der Waals surface area contributed by atoms with Crippen molar-refractivity contribution in [1.29, 1.82) is 0 Å². The van der Waals surface area contributed by atoms with Gasteiger partial charge in [-0.15, -0.1) is 0 Å². The fourth-order valence-corrected chi connectivity index (χ4v) is 3.73. The molecule has 1 aliphatic rings. The van der Waals surface area contributed by atoms with Gasteiger partial charge in [0.25, 0.3) is 5.56 Å². The van der Waals surface area contributed by atoms with Gasteiger partial charge in [-0.3, -0.25) is 14.2 Å². The summed E-state index contributed by atoms with van der Waals surface area (Å²) in [7, 11) is 0. The number of carbonyl (C=O) groups is 1. The molecule has 1 N–H and O–H groups in total. The fraction of sp³-hybridized carbons (Fsp3) is 0.571. The quantitative estimate of drug-likeness (QED) is 0.725. The lowest BCUT2D eigenvalue weighted by Gasteiger charge is -2.33. The van der Waals surface area contributed by atoms with Gasteiger partial charge in [0, 0.05) is 25.6 Å². The zero-order valence-electron chi connectivity index (χ0n) is 16.2. The number of likely N-dealkylation sites (tertiary alicyclic amines) is 1. The van der Waals surface area contributed by atoms with Crippen LogP contribution < -0.4 is 10.9 Å². The van der Waals surface area contributed by atoms with Crippen molar-refractivity contribution in [3.8, 4) is 0 Å². The van der Waals surface area contributed by atoms with Crippen LogP contribution in [0.15, 0.2) is 35.4 Å². The second-order valence-corrected chi connectivity index (χ2v) is 7.45. The summed E-state index contributed by atoms with van der Waals surface area (Å²) in [6.07, 6.45) is 7.89. The van der Waals surface area contributed by atoms with Crippen LogP contribution in [0, 0.1) is 0 Å². The monoisotopic (exact) mass is 370 g/mol. The lowest BCUT2D eigenvalue weighted by Crippen LogP contribution is -2.38. The van der Waals surface area contributed by atoms with Crippen molar-refractivity contribution < 1.29 is 4.79 Å². The van der Waals surface area contributed by atoms with Gasteiger partial charge >= 0.3 is 0 Å². The van der Waals surface area contributed by atoms with E-state index in [0.717, 1.165) is 19.4 Å². The molecule has 0 bridgehead atoms. The van der Waals surface area contributed by atoms with Crippen LogP contribution in [0.2, 0.25) is 0 Å². The molecule has 1 atom stereocenters. The Kier molecular flexibility index (Phi) is 6.98. The SMILES string of the molecule is CC1CCCCN1CCCCNC(=O)CCn1cnc2ccccc2c1=O. The molecule has 1 amide bonds. The molecular formula is C21H30N4O2. The average molecular weight is 370 g/mol. The Morgan fingerprint density at radius 2 is 2.07 bits per heavy atom.